The molecule has 1 N–H and O–H groups in total. The lowest BCUT2D eigenvalue weighted by atomic mass is 9.95. The molecular weight excluding hydrogens is 523 g/mol. The summed E-state index contributed by atoms with van der Waals surface area (Å²) in [5, 5.41) is 12.1. The number of methoxy groups -OCH3 is 2. The zero-order valence-electron chi connectivity index (χ0n) is 19.0. The summed E-state index contributed by atoms with van der Waals surface area (Å²) in [6.07, 6.45) is 0. The number of rotatable bonds is 5. The molecule has 182 valence electrons. The van der Waals surface area contributed by atoms with Crippen molar-refractivity contribution in [3.05, 3.63) is 87.4 Å². The van der Waals surface area contributed by atoms with E-state index in [1.807, 2.05) is 0 Å². The van der Waals surface area contributed by atoms with Gasteiger partial charge >= 0.3 is 5.91 Å². The molecule has 2 heterocycles. The summed E-state index contributed by atoms with van der Waals surface area (Å²) in [6, 6.07) is 15.8. The van der Waals surface area contributed by atoms with Crippen LogP contribution in [0.3, 0.4) is 0 Å². The highest BCUT2D eigenvalue weighted by atomic mass is 35.5. The molecule has 36 heavy (non-hydrogen) atoms. The van der Waals surface area contributed by atoms with Crippen molar-refractivity contribution in [3.8, 4) is 11.5 Å². The van der Waals surface area contributed by atoms with Crippen molar-refractivity contribution in [2.75, 3.05) is 19.1 Å². The van der Waals surface area contributed by atoms with Gasteiger partial charge in [-0.25, -0.2) is 4.98 Å². The highest BCUT2D eigenvalue weighted by Gasteiger charge is 2.48. The summed E-state index contributed by atoms with van der Waals surface area (Å²) in [7, 11) is 3.06. The molecular formula is C26H18Cl2N2O5S. The number of halogens is 2. The summed E-state index contributed by atoms with van der Waals surface area (Å²) in [5.74, 6) is -0.878. The molecule has 1 amide bonds. The minimum Gasteiger partial charge on any atom is -0.507 e. The van der Waals surface area contributed by atoms with E-state index in [0.717, 1.165) is 4.70 Å². The molecule has 4 aromatic rings. The number of Topliss-reactive ketones (excluding diaryl/α,β-unsaturated/α-hetero) is 1. The molecule has 7 nitrogen and oxygen atoms in total. The summed E-state index contributed by atoms with van der Waals surface area (Å²) < 4.78 is 11.3. The van der Waals surface area contributed by atoms with E-state index in [2.05, 4.69) is 4.98 Å². The number of carbonyl (C=O) groups excluding carboxylic acids is 2. The Morgan fingerprint density at radius 1 is 0.972 bits per heavy atom. The zero-order chi connectivity index (χ0) is 25.6. The van der Waals surface area contributed by atoms with E-state index in [4.69, 9.17) is 32.7 Å². The van der Waals surface area contributed by atoms with Gasteiger partial charge in [-0.05, 0) is 48.0 Å². The summed E-state index contributed by atoms with van der Waals surface area (Å²) >= 11 is 13.7. The van der Waals surface area contributed by atoms with Gasteiger partial charge in [0, 0.05) is 5.56 Å². The number of aromatic nitrogens is 1. The standard InChI is InChI=1S/C26H18Cl2N2O5S/c1-34-15-5-3-4-14(10-15)23(31)21-22(13-6-8-17(27)18(28)11-13)30(25(33)24(21)32)26-29-19-9-7-16(35-2)12-20(19)36-26/h3-12,22,31H,1-2H3/b23-21+. The van der Waals surface area contributed by atoms with Gasteiger partial charge in [-0.15, -0.1) is 0 Å². The van der Waals surface area contributed by atoms with Gasteiger partial charge < -0.3 is 14.6 Å². The van der Waals surface area contributed by atoms with E-state index in [-0.39, 0.29) is 16.4 Å². The first-order valence-corrected chi connectivity index (χ1v) is 12.2. The first kappa shape index (κ1) is 24.1. The molecule has 0 aliphatic carbocycles. The van der Waals surface area contributed by atoms with E-state index < -0.39 is 17.7 Å². The third kappa shape index (κ3) is 4.07. The number of aliphatic hydroxyl groups is 1. The van der Waals surface area contributed by atoms with Gasteiger partial charge in [0.2, 0.25) is 0 Å². The first-order chi connectivity index (χ1) is 17.3. The van der Waals surface area contributed by atoms with E-state index in [0.29, 0.717) is 38.3 Å². The summed E-state index contributed by atoms with van der Waals surface area (Å²) in [4.78, 5) is 32.6. The predicted octanol–water partition coefficient (Wildman–Crippen LogP) is 6.25. The van der Waals surface area contributed by atoms with E-state index in [1.165, 1.54) is 23.3 Å². The fourth-order valence-corrected chi connectivity index (χ4v) is 5.40. The molecule has 5 rings (SSSR count). The van der Waals surface area contributed by atoms with Crippen molar-refractivity contribution in [1.82, 2.24) is 4.98 Å². The fraction of sp³-hybridized carbons (Fsp3) is 0.115. The van der Waals surface area contributed by atoms with Crippen LogP contribution in [0.5, 0.6) is 11.5 Å². The summed E-state index contributed by atoms with van der Waals surface area (Å²) in [6.45, 7) is 0. The number of amides is 1. The number of anilines is 1. The second-order valence-electron chi connectivity index (χ2n) is 7.90. The normalized spacial score (nSPS) is 17.1. The predicted molar refractivity (Wildman–Crippen MR) is 140 cm³/mol. The highest BCUT2D eigenvalue weighted by molar-refractivity contribution is 7.22. The number of aliphatic hydroxyl groups excluding tert-OH is 1. The van der Waals surface area contributed by atoms with E-state index >= 15 is 0 Å². The number of ether oxygens (including phenoxy) is 2. The van der Waals surface area contributed by atoms with Crippen molar-refractivity contribution in [1.29, 1.82) is 0 Å². The molecule has 1 atom stereocenters. The third-order valence-electron chi connectivity index (χ3n) is 5.84. The van der Waals surface area contributed by atoms with Crippen LogP contribution in [0.1, 0.15) is 17.2 Å². The zero-order valence-corrected chi connectivity index (χ0v) is 21.3. The Kier molecular flexibility index (Phi) is 6.34. The first-order valence-electron chi connectivity index (χ1n) is 10.7. The molecule has 1 aliphatic heterocycles. The second-order valence-corrected chi connectivity index (χ2v) is 9.73. The van der Waals surface area contributed by atoms with Crippen LogP contribution in [0.2, 0.25) is 10.0 Å². The molecule has 3 aromatic carbocycles. The summed E-state index contributed by atoms with van der Waals surface area (Å²) in [5.41, 5.74) is 1.36. The molecule has 0 radical (unpaired) electrons. The van der Waals surface area contributed by atoms with Crippen LogP contribution in [0.25, 0.3) is 16.0 Å². The average Bonchev–Trinajstić information content (AvgIpc) is 3.42. The van der Waals surface area contributed by atoms with Crippen LogP contribution in [0.15, 0.2) is 66.2 Å². The van der Waals surface area contributed by atoms with Gasteiger partial charge in [0.15, 0.2) is 5.13 Å². The average molecular weight is 541 g/mol. The maximum Gasteiger partial charge on any atom is 0.301 e. The van der Waals surface area contributed by atoms with Crippen LogP contribution >= 0.6 is 34.5 Å². The molecule has 1 fully saturated rings. The largest absolute Gasteiger partial charge is 0.507 e. The number of carbonyl (C=O) groups is 2. The van der Waals surface area contributed by atoms with Crippen molar-refractivity contribution in [2.24, 2.45) is 0 Å². The molecule has 1 unspecified atom stereocenters. The molecule has 1 saturated heterocycles. The van der Waals surface area contributed by atoms with Gasteiger partial charge in [-0.1, -0.05) is 52.7 Å². The van der Waals surface area contributed by atoms with Crippen molar-refractivity contribution in [3.63, 3.8) is 0 Å². The highest BCUT2D eigenvalue weighted by Crippen LogP contribution is 2.45. The number of thiazole rings is 1. The van der Waals surface area contributed by atoms with Crippen LogP contribution in [0, 0.1) is 0 Å². The Morgan fingerprint density at radius 2 is 1.72 bits per heavy atom. The third-order valence-corrected chi connectivity index (χ3v) is 7.59. The lowest BCUT2D eigenvalue weighted by molar-refractivity contribution is -0.132. The number of benzene rings is 3. The lowest BCUT2D eigenvalue weighted by Crippen LogP contribution is -2.29. The molecule has 1 aliphatic rings. The van der Waals surface area contributed by atoms with Gasteiger partial charge in [0.05, 0.1) is 46.1 Å². The van der Waals surface area contributed by atoms with Crippen LogP contribution in [0.4, 0.5) is 5.13 Å². The number of nitrogens with zero attached hydrogens (tertiary/aromatic N) is 2. The van der Waals surface area contributed by atoms with E-state index in [1.54, 1.807) is 67.8 Å². The Hall–Kier alpha value is -3.59. The Balaban J connectivity index is 1.73. The molecule has 0 spiro atoms. The molecule has 0 saturated carbocycles. The maximum atomic E-state index is 13.4. The van der Waals surface area contributed by atoms with Crippen LogP contribution in [-0.4, -0.2) is 36.0 Å². The maximum absolute atomic E-state index is 13.4. The number of fused-ring (bicyclic) bond motifs is 1. The number of hydrogen-bond acceptors (Lipinski definition) is 7. The monoisotopic (exact) mass is 540 g/mol. The topological polar surface area (TPSA) is 89.0 Å². The Morgan fingerprint density at radius 3 is 2.44 bits per heavy atom. The lowest BCUT2D eigenvalue weighted by Gasteiger charge is -2.23. The molecule has 10 heteroatoms. The van der Waals surface area contributed by atoms with Crippen molar-refractivity contribution >= 4 is 67.3 Å². The van der Waals surface area contributed by atoms with Crippen molar-refractivity contribution < 1.29 is 24.2 Å². The van der Waals surface area contributed by atoms with Gasteiger partial charge in [0.1, 0.15) is 17.3 Å². The second kappa shape index (κ2) is 9.46. The van der Waals surface area contributed by atoms with Crippen molar-refractivity contribution in [2.45, 2.75) is 6.04 Å². The number of ketones is 1. The Bertz CT molecular complexity index is 1570. The molecule has 1 aromatic heterocycles. The fourth-order valence-electron chi connectivity index (χ4n) is 4.08. The van der Waals surface area contributed by atoms with Crippen LogP contribution in [-0.2, 0) is 9.59 Å². The minimum absolute atomic E-state index is 0.0940. The number of hydrogen-bond donors (Lipinski definition) is 1. The van der Waals surface area contributed by atoms with Gasteiger partial charge in [-0.2, -0.15) is 0 Å². The quantitative estimate of drug-likeness (QED) is 0.183. The van der Waals surface area contributed by atoms with Crippen LogP contribution < -0.4 is 14.4 Å². The molecule has 0 bridgehead atoms. The van der Waals surface area contributed by atoms with Gasteiger partial charge in [0.25, 0.3) is 5.78 Å². The Labute approximate surface area is 220 Å². The SMILES string of the molecule is COc1cccc(/C(O)=C2\C(=O)C(=O)N(c3nc4ccc(OC)cc4s3)C2c2ccc(Cl)c(Cl)c2)c1. The van der Waals surface area contributed by atoms with Gasteiger partial charge in [-0.3, -0.25) is 14.5 Å². The smallest absolute Gasteiger partial charge is 0.301 e. The van der Waals surface area contributed by atoms with E-state index in [9.17, 15) is 14.7 Å². The minimum atomic E-state index is -0.992.